The number of aromatic nitrogens is 2. The van der Waals surface area contributed by atoms with Gasteiger partial charge in [-0.1, -0.05) is 25.7 Å². The number of rotatable bonds is 6. The van der Waals surface area contributed by atoms with Crippen molar-refractivity contribution in [3.8, 4) is 12.3 Å². The molecule has 4 nitrogen and oxygen atoms in total. The van der Waals surface area contributed by atoms with Crippen molar-refractivity contribution < 1.29 is 0 Å². The Kier molecular flexibility index (Phi) is 4.65. The standard InChI is InChI=1S/C14H18BrN3O/c1-3-7-18-14(19)13(15)12(9-16-18)17-11(4-2)8-10-5-6-10/h1,9-11,17H,4-8H2,2H3. The number of nitrogens with one attached hydrogen (secondary N) is 1. The lowest BCUT2D eigenvalue weighted by Crippen LogP contribution is -2.26. The van der Waals surface area contributed by atoms with Gasteiger partial charge >= 0.3 is 0 Å². The Bertz CT molecular complexity index is 543. The van der Waals surface area contributed by atoms with Gasteiger partial charge in [-0.05, 0) is 34.7 Å². The second-order valence-corrected chi connectivity index (χ2v) is 5.76. The zero-order chi connectivity index (χ0) is 13.8. The van der Waals surface area contributed by atoms with Crippen LogP contribution < -0.4 is 10.9 Å². The van der Waals surface area contributed by atoms with Gasteiger partial charge in [-0.2, -0.15) is 5.10 Å². The SMILES string of the molecule is C#CCn1ncc(NC(CC)CC2CC2)c(Br)c1=O. The zero-order valence-corrected chi connectivity index (χ0v) is 12.6. The van der Waals surface area contributed by atoms with E-state index >= 15 is 0 Å². The summed E-state index contributed by atoms with van der Waals surface area (Å²) in [5.74, 6) is 3.27. The highest BCUT2D eigenvalue weighted by molar-refractivity contribution is 9.10. The smallest absolute Gasteiger partial charge is 0.284 e. The van der Waals surface area contributed by atoms with Crippen molar-refractivity contribution >= 4 is 21.6 Å². The minimum atomic E-state index is -0.191. The van der Waals surface area contributed by atoms with Crippen molar-refractivity contribution in [2.75, 3.05) is 5.32 Å². The van der Waals surface area contributed by atoms with Gasteiger partial charge in [-0.15, -0.1) is 6.42 Å². The average Bonchev–Trinajstić information content (AvgIpc) is 3.21. The van der Waals surface area contributed by atoms with E-state index in [4.69, 9.17) is 6.42 Å². The quantitative estimate of drug-likeness (QED) is 0.819. The van der Waals surface area contributed by atoms with Gasteiger partial charge in [0.2, 0.25) is 0 Å². The molecule has 2 rings (SSSR count). The zero-order valence-electron chi connectivity index (χ0n) is 11.0. The molecule has 0 aromatic carbocycles. The van der Waals surface area contributed by atoms with E-state index in [1.807, 2.05) is 0 Å². The summed E-state index contributed by atoms with van der Waals surface area (Å²) in [7, 11) is 0. The van der Waals surface area contributed by atoms with E-state index < -0.39 is 0 Å². The van der Waals surface area contributed by atoms with E-state index in [0.29, 0.717) is 10.5 Å². The Morgan fingerprint density at radius 2 is 2.42 bits per heavy atom. The summed E-state index contributed by atoms with van der Waals surface area (Å²) in [5.41, 5.74) is 0.565. The first kappa shape index (κ1) is 14.1. The molecule has 1 unspecified atom stereocenters. The number of anilines is 1. The van der Waals surface area contributed by atoms with Gasteiger partial charge < -0.3 is 5.32 Å². The van der Waals surface area contributed by atoms with Crippen LogP contribution in [0.3, 0.4) is 0 Å². The molecule has 0 bridgehead atoms. The van der Waals surface area contributed by atoms with Crippen molar-refractivity contribution in [2.45, 2.75) is 45.2 Å². The fraction of sp³-hybridized carbons (Fsp3) is 0.571. The van der Waals surface area contributed by atoms with Crippen LogP contribution in [0.4, 0.5) is 5.69 Å². The molecule has 5 heteroatoms. The monoisotopic (exact) mass is 323 g/mol. The number of terminal acetylenes is 1. The van der Waals surface area contributed by atoms with Crippen LogP contribution in [0, 0.1) is 18.3 Å². The molecule has 0 amide bonds. The first-order valence-corrected chi connectivity index (χ1v) is 7.40. The molecule has 1 N–H and O–H groups in total. The Hall–Kier alpha value is -1.28. The number of hydrogen-bond acceptors (Lipinski definition) is 3. The van der Waals surface area contributed by atoms with E-state index in [1.165, 1.54) is 17.5 Å². The normalized spacial score (nSPS) is 15.8. The summed E-state index contributed by atoms with van der Waals surface area (Å²) in [6, 6.07) is 0.397. The van der Waals surface area contributed by atoms with Crippen LogP contribution in [-0.2, 0) is 6.54 Å². The molecule has 1 aromatic heterocycles. The van der Waals surface area contributed by atoms with Crippen LogP contribution in [0.2, 0.25) is 0 Å². The second kappa shape index (κ2) is 6.25. The molecule has 1 atom stereocenters. The van der Waals surface area contributed by atoms with Gasteiger partial charge in [0.05, 0.1) is 11.9 Å². The number of halogens is 1. The largest absolute Gasteiger partial charge is 0.380 e. The van der Waals surface area contributed by atoms with Crippen molar-refractivity contribution in [3.05, 3.63) is 21.0 Å². The molecular formula is C14H18BrN3O. The molecule has 0 radical (unpaired) electrons. The topological polar surface area (TPSA) is 46.9 Å². The van der Waals surface area contributed by atoms with Crippen molar-refractivity contribution in [3.63, 3.8) is 0 Å². The maximum atomic E-state index is 12.0. The Morgan fingerprint density at radius 1 is 1.68 bits per heavy atom. The van der Waals surface area contributed by atoms with Crippen LogP contribution in [0.1, 0.15) is 32.6 Å². The van der Waals surface area contributed by atoms with Crippen LogP contribution in [0.25, 0.3) is 0 Å². The lowest BCUT2D eigenvalue weighted by Gasteiger charge is -2.18. The summed E-state index contributed by atoms with van der Waals surface area (Å²) in [4.78, 5) is 12.0. The maximum absolute atomic E-state index is 12.0. The lowest BCUT2D eigenvalue weighted by atomic mass is 10.1. The fourth-order valence-electron chi connectivity index (χ4n) is 2.07. The molecule has 1 heterocycles. The lowest BCUT2D eigenvalue weighted by molar-refractivity contribution is 0.584. The van der Waals surface area contributed by atoms with Crippen molar-refractivity contribution in [1.29, 1.82) is 0 Å². The molecule has 1 aromatic rings. The number of nitrogens with zero attached hydrogens (tertiary/aromatic N) is 2. The highest BCUT2D eigenvalue weighted by atomic mass is 79.9. The van der Waals surface area contributed by atoms with Gasteiger partial charge in [0, 0.05) is 6.04 Å². The maximum Gasteiger partial charge on any atom is 0.284 e. The third kappa shape index (κ3) is 3.60. The first-order valence-electron chi connectivity index (χ1n) is 6.61. The minimum Gasteiger partial charge on any atom is -0.380 e. The second-order valence-electron chi connectivity index (χ2n) is 4.97. The first-order chi connectivity index (χ1) is 9.15. The van der Waals surface area contributed by atoms with E-state index in [0.717, 1.165) is 24.4 Å². The van der Waals surface area contributed by atoms with Gasteiger partial charge in [0.25, 0.3) is 5.56 Å². The van der Waals surface area contributed by atoms with Gasteiger partial charge in [-0.3, -0.25) is 4.79 Å². The van der Waals surface area contributed by atoms with E-state index in [1.54, 1.807) is 6.20 Å². The van der Waals surface area contributed by atoms with Crippen LogP contribution >= 0.6 is 15.9 Å². The van der Waals surface area contributed by atoms with Crippen molar-refractivity contribution in [1.82, 2.24) is 9.78 Å². The summed E-state index contributed by atoms with van der Waals surface area (Å²) in [5, 5.41) is 7.48. The average molecular weight is 324 g/mol. The molecule has 19 heavy (non-hydrogen) atoms. The molecule has 1 aliphatic carbocycles. The minimum absolute atomic E-state index is 0.191. The Morgan fingerprint density at radius 3 is 3.00 bits per heavy atom. The molecule has 0 saturated heterocycles. The molecule has 0 aliphatic heterocycles. The van der Waals surface area contributed by atoms with Crippen LogP contribution in [0.5, 0.6) is 0 Å². The van der Waals surface area contributed by atoms with Gasteiger partial charge in [0.15, 0.2) is 0 Å². The van der Waals surface area contributed by atoms with Crippen molar-refractivity contribution in [2.24, 2.45) is 5.92 Å². The van der Waals surface area contributed by atoms with E-state index in [2.05, 4.69) is 39.2 Å². The van der Waals surface area contributed by atoms with Gasteiger partial charge in [-0.25, -0.2) is 4.68 Å². The molecule has 1 aliphatic rings. The molecule has 0 spiro atoms. The number of hydrogen-bond donors (Lipinski definition) is 1. The summed E-state index contributed by atoms with van der Waals surface area (Å²) >= 11 is 3.34. The summed E-state index contributed by atoms with van der Waals surface area (Å²) in [6.07, 6.45) is 11.7. The third-order valence-electron chi connectivity index (χ3n) is 3.39. The molecule has 102 valence electrons. The fourth-order valence-corrected chi connectivity index (χ4v) is 2.49. The predicted octanol–water partition coefficient (Wildman–Crippen LogP) is 2.63. The molecular weight excluding hydrogens is 306 g/mol. The van der Waals surface area contributed by atoms with Crippen LogP contribution in [0.15, 0.2) is 15.5 Å². The predicted molar refractivity (Wildman–Crippen MR) is 80.1 cm³/mol. The highest BCUT2D eigenvalue weighted by Crippen LogP contribution is 2.35. The third-order valence-corrected chi connectivity index (χ3v) is 4.16. The van der Waals surface area contributed by atoms with Gasteiger partial charge in [0.1, 0.15) is 11.0 Å². The summed E-state index contributed by atoms with van der Waals surface area (Å²) in [6.45, 7) is 2.35. The van der Waals surface area contributed by atoms with Crippen LogP contribution in [-0.4, -0.2) is 15.8 Å². The molecule has 1 saturated carbocycles. The Balaban J connectivity index is 2.13. The summed E-state index contributed by atoms with van der Waals surface area (Å²) < 4.78 is 1.78. The molecule has 1 fully saturated rings. The van der Waals surface area contributed by atoms with E-state index in [-0.39, 0.29) is 12.1 Å². The van der Waals surface area contributed by atoms with E-state index in [9.17, 15) is 4.79 Å². The Labute approximate surface area is 121 Å². The highest BCUT2D eigenvalue weighted by Gasteiger charge is 2.25.